The third-order valence-corrected chi connectivity index (χ3v) is 2.75. The van der Waals surface area contributed by atoms with E-state index < -0.39 is 0 Å². The Morgan fingerprint density at radius 3 is 2.88 bits per heavy atom. The van der Waals surface area contributed by atoms with E-state index >= 15 is 0 Å². The van der Waals surface area contributed by atoms with E-state index in [4.69, 9.17) is 11.6 Å². The standard InChI is InChI=1S/C4H3BrClNS/c5-1-3-2-7-4(6)8-3/h2H,1H2. The van der Waals surface area contributed by atoms with Crippen LogP contribution < -0.4 is 0 Å². The minimum Gasteiger partial charge on any atom is -0.233 e. The van der Waals surface area contributed by atoms with Gasteiger partial charge in [-0.25, -0.2) is 4.98 Å². The van der Waals surface area contributed by atoms with Gasteiger partial charge in [0.2, 0.25) is 0 Å². The molecule has 1 aromatic rings. The first-order valence-corrected chi connectivity index (χ1v) is 4.30. The first kappa shape index (κ1) is 6.52. The molecule has 8 heavy (non-hydrogen) atoms. The summed E-state index contributed by atoms with van der Waals surface area (Å²) in [5.74, 6) is 0. The third kappa shape index (κ3) is 1.44. The normalized spacial score (nSPS) is 9.75. The second-order valence-corrected chi connectivity index (χ2v) is 3.47. The van der Waals surface area contributed by atoms with Gasteiger partial charge in [0.25, 0.3) is 0 Å². The number of aromatic nitrogens is 1. The predicted octanol–water partition coefficient (Wildman–Crippen LogP) is 2.69. The fourth-order valence-electron chi connectivity index (χ4n) is 0.345. The van der Waals surface area contributed by atoms with Crippen molar-refractivity contribution >= 4 is 38.9 Å². The Hall–Kier alpha value is 0.400. The molecule has 1 nitrogen and oxygen atoms in total. The molecule has 0 fully saturated rings. The second kappa shape index (κ2) is 2.80. The van der Waals surface area contributed by atoms with Crippen LogP contribution in [0.3, 0.4) is 0 Å². The van der Waals surface area contributed by atoms with Crippen LogP contribution >= 0.6 is 38.9 Å². The highest BCUT2D eigenvalue weighted by Gasteiger charge is 1.94. The van der Waals surface area contributed by atoms with Crippen molar-refractivity contribution in [3.05, 3.63) is 15.5 Å². The lowest BCUT2D eigenvalue weighted by atomic mass is 10.7. The molecule has 0 saturated carbocycles. The Balaban J connectivity index is 2.84. The molecule has 0 saturated heterocycles. The van der Waals surface area contributed by atoms with E-state index in [1.165, 1.54) is 11.3 Å². The van der Waals surface area contributed by atoms with Crippen molar-refractivity contribution in [2.24, 2.45) is 0 Å². The Bertz CT molecular complexity index is 176. The number of thiazole rings is 1. The maximum Gasteiger partial charge on any atom is 0.183 e. The number of hydrogen-bond acceptors (Lipinski definition) is 2. The quantitative estimate of drug-likeness (QED) is 0.652. The van der Waals surface area contributed by atoms with Crippen LogP contribution in [-0.4, -0.2) is 4.98 Å². The van der Waals surface area contributed by atoms with Crippen LogP contribution in [0.25, 0.3) is 0 Å². The first-order chi connectivity index (χ1) is 3.83. The average molecular weight is 212 g/mol. The summed E-state index contributed by atoms with van der Waals surface area (Å²) in [7, 11) is 0. The monoisotopic (exact) mass is 211 g/mol. The molecule has 1 rings (SSSR count). The zero-order valence-corrected chi connectivity index (χ0v) is 7.05. The molecule has 0 N–H and O–H groups in total. The molecule has 0 unspecified atom stereocenters. The summed E-state index contributed by atoms with van der Waals surface area (Å²) >= 11 is 10.3. The maximum absolute atomic E-state index is 5.53. The van der Waals surface area contributed by atoms with Crippen LogP contribution in [-0.2, 0) is 5.33 Å². The van der Waals surface area contributed by atoms with Gasteiger partial charge in [-0.2, -0.15) is 0 Å². The number of alkyl halides is 1. The molecule has 0 radical (unpaired) electrons. The fraction of sp³-hybridized carbons (Fsp3) is 0.250. The van der Waals surface area contributed by atoms with E-state index in [0.717, 1.165) is 10.2 Å². The van der Waals surface area contributed by atoms with Crippen LogP contribution in [0.2, 0.25) is 4.47 Å². The number of nitrogens with zero attached hydrogens (tertiary/aromatic N) is 1. The highest BCUT2D eigenvalue weighted by atomic mass is 79.9. The molecule has 0 aromatic carbocycles. The molecule has 0 spiro atoms. The van der Waals surface area contributed by atoms with Gasteiger partial charge in [-0.15, -0.1) is 11.3 Å². The van der Waals surface area contributed by atoms with Crippen molar-refractivity contribution in [2.45, 2.75) is 5.33 Å². The molecule has 44 valence electrons. The van der Waals surface area contributed by atoms with E-state index in [1.54, 1.807) is 6.20 Å². The zero-order chi connectivity index (χ0) is 5.98. The lowest BCUT2D eigenvalue weighted by Gasteiger charge is -1.75. The number of rotatable bonds is 1. The van der Waals surface area contributed by atoms with Gasteiger partial charge in [-0.3, -0.25) is 0 Å². The van der Waals surface area contributed by atoms with Gasteiger partial charge in [-0.05, 0) is 0 Å². The van der Waals surface area contributed by atoms with Crippen LogP contribution in [0.1, 0.15) is 4.88 Å². The highest BCUT2D eigenvalue weighted by Crippen LogP contribution is 2.19. The molecule has 0 aliphatic carbocycles. The number of halogens is 2. The molecule has 0 atom stereocenters. The van der Waals surface area contributed by atoms with Crippen molar-refractivity contribution in [1.29, 1.82) is 0 Å². The van der Waals surface area contributed by atoms with Crippen molar-refractivity contribution in [3.63, 3.8) is 0 Å². The summed E-state index contributed by atoms with van der Waals surface area (Å²) in [5, 5.41) is 0.845. The lowest BCUT2D eigenvalue weighted by Crippen LogP contribution is -1.59. The van der Waals surface area contributed by atoms with Gasteiger partial charge in [0.05, 0.1) is 0 Å². The minimum atomic E-state index is 0.611. The molecular formula is C4H3BrClNS. The summed E-state index contributed by atoms with van der Waals surface area (Å²) in [6, 6.07) is 0. The fourth-order valence-corrected chi connectivity index (χ4v) is 1.66. The van der Waals surface area contributed by atoms with Crippen LogP contribution in [0, 0.1) is 0 Å². The molecular weight excluding hydrogens is 209 g/mol. The van der Waals surface area contributed by atoms with Gasteiger partial charge in [-0.1, -0.05) is 27.5 Å². The molecule has 0 bridgehead atoms. The minimum absolute atomic E-state index is 0.611. The van der Waals surface area contributed by atoms with Gasteiger partial charge >= 0.3 is 0 Å². The first-order valence-electron chi connectivity index (χ1n) is 1.99. The summed E-state index contributed by atoms with van der Waals surface area (Å²) in [6.45, 7) is 0. The van der Waals surface area contributed by atoms with E-state index in [1.807, 2.05) is 0 Å². The van der Waals surface area contributed by atoms with Crippen molar-refractivity contribution in [1.82, 2.24) is 4.98 Å². The predicted molar refractivity (Wildman–Crippen MR) is 39.8 cm³/mol. The smallest absolute Gasteiger partial charge is 0.183 e. The molecule has 0 amide bonds. The van der Waals surface area contributed by atoms with Crippen LogP contribution in [0.5, 0.6) is 0 Å². The second-order valence-electron chi connectivity index (χ2n) is 1.21. The van der Waals surface area contributed by atoms with Crippen molar-refractivity contribution < 1.29 is 0 Å². The Kier molecular flexibility index (Phi) is 2.28. The SMILES string of the molecule is Clc1ncc(CBr)s1. The topological polar surface area (TPSA) is 12.9 Å². The van der Waals surface area contributed by atoms with Crippen molar-refractivity contribution in [3.8, 4) is 0 Å². The van der Waals surface area contributed by atoms with Crippen LogP contribution in [0.4, 0.5) is 0 Å². The zero-order valence-electron chi connectivity index (χ0n) is 3.90. The summed E-state index contributed by atoms with van der Waals surface area (Å²) in [5.41, 5.74) is 0. The largest absolute Gasteiger partial charge is 0.233 e. The molecule has 4 heteroatoms. The van der Waals surface area contributed by atoms with Crippen molar-refractivity contribution in [2.75, 3.05) is 0 Å². The highest BCUT2D eigenvalue weighted by molar-refractivity contribution is 9.08. The summed E-state index contributed by atoms with van der Waals surface area (Å²) in [4.78, 5) is 5.00. The van der Waals surface area contributed by atoms with Crippen LogP contribution in [0.15, 0.2) is 6.20 Å². The third-order valence-electron chi connectivity index (χ3n) is 0.657. The molecule has 0 aliphatic heterocycles. The molecule has 1 aromatic heterocycles. The van der Waals surface area contributed by atoms with Gasteiger partial charge in [0.1, 0.15) is 0 Å². The van der Waals surface area contributed by atoms with E-state index in [-0.39, 0.29) is 0 Å². The molecule has 0 aliphatic rings. The summed E-state index contributed by atoms with van der Waals surface area (Å²) in [6.07, 6.45) is 1.77. The van der Waals surface area contributed by atoms with E-state index in [2.05, 4.69) is 20.9 Å². The lowest BCUT2D eigenvalue weighted by molar-refractivity contribution is 1.38. The van der Waals surface area contributed by atoms with Gasteiger partial charge in [0.15, 0.2) is 4.47 Å². The summed E-state index contributed by atoms with van der Waals surface area (Å²) < 4.78 is 0.611. The molecule has 1 heterocycles. The number of hydrogen-bond donors (Lipinski definition) is 0. The van der Waals surface area contributed by atoms with E-state index in [9.17, 15) is 0 Å². The van der Waals surface area contributed by atoms with Gasteiger partial charge < -0.3 is 0 Å². The Morgan fingerprint density at radius 1 is 1.88 bits per heavy atom. The van der Waals surface area contributed by atoms with Gasteiger partial charge in [0, 0.05) is 16.4 Å². The maximum atomic E-state index is 5.53. The Labute approximate surface area is 64.8 Å². The van der Waals surface area contributed by atoms with E-state index in [0.29, 0.717) is 4.47 Å². The Morgan fingerprint density at radius 2 is 2.62 bits per heavy atom. The average Bonchev–Trinajstić information content (AvgIpc) is 2.14.